The van der Waals surface area contributed by atoms with Crippen molar-refractivity contribution in [3.63, 3.8) is 0 Å². The Labute approximate surface area is 114 Å². The summed E-state index contributed by atoms with van der Waals surface area (Å²) < 4.78 is 0.778. The molecule has 96 valence electrons. The van der Waals surface area contributed by atoms with Crippen LogP contribution < -0.4 is 0 Å². The van der Waals surface area contributed by atoms with Crippen LogP contribution in [0.5, 0.6) is 0 Å². The topological polar surface area (TPSA) is 54.4 Å². The fourth-order valence-corrected chi connectivity index (χ4v) is 3.15. The molecular weight excluding hydrogens is 296 g/mol. The van der Waals surface area contributed by atoms with Gasteiger partial charge < -0.3 is 5.11 Å². The predicted octanol–water partition coefficient (Wildman–Crippen LogP) is 3.52. The summed E-state index contributed by atoms with van der Waals surface area (Å²) in [7, 11) is 0. The number of benzene rings is 1. The number of Topliss-reactive ketones (excluding diaryl/α,β-unsaturated/α-hetero) is 1. The summed E-state index contributed by atoms with van der Waals surface area (Å²) in [6.45, 7) is 0. The van der Waals surface area contributed by atoms with Crippen LogP contribution in [0.2, 0.25) is 0 Å². The molecule has 4 heteroatoms. The smallest absolute Gasteiger partial charge is 0.306 e. The van der Waals surface area contributed by atoms with E-state index in [1.807, 2.05) is 18.2 Å². The van der Waals surface area contributed by atoms with E-state index in [1.165, 1.54) is 0 Å². The average molecular weight is 311 g/mol. The minimum absolute atomic E-state index is 0.0119. The van der Waals surface area contributed by atoms with Crippen molar-refractivity contribution in [1.82, 2.24) is 0 Å². The Bertz CT molecular complexity index is 470. The van der Waals surface area contributed by atoms with E-state index in [4.69, 9.17) is 5.11 Å². The third-order valence-electron chi connectivity index (χ3n) is 3.60. The molecular formula is C14H15BrO3. The summed E-state index contributed by atoms with van der Waals surface area (Å²) >= 11 is 3.35. The minimum Gasteiger partial charge on any atom is -0.481 e. The number of carbonyl (C=O) groups excluding carboxylic acids is 1. The molecule has 1 aromatic rings. The van der Waals surface area contributed by atoms with Gasteiger partial charge >= 0.3 is 5.97 Å². The molecule has 0 saturated heterocycles. The Morgan fingerprint density at radius 2 is 2.00 bits per heavy atom. The second-order valence-corrected chi connectivity index (χ2v) is 5.60. The molecule has 2 atom stereocenters. The van der Waals surface area contributed by atoms with Gasteiger partial charge in [-0.05, 0) is 24.8 Å². The SMILES string of the molecule is O=C(CC1CCCC1C(=O)O)c1ccccc1Br. The van der Waals surface area contributed by atoms with Gasteiger partial charge in [-0.15, -0.1) is 0 Å². The first-order valence-electron chi connectivity index (χ1n) is 6.10. The van der Waals surface area contributed by atoms with Gasteiger partial charge in [-0.25, -0.2) is 0 Å². The largest absolute Gasteiger partial charge is 0.481 e. The molecule has 0 amide bonds. The van der Waals surface area contributed by atoms with Gasteiger partial charge in [-0.3, -0.25) is 9.59 Å². The quantitative estimate of drug-likeness (QED) is 0.866. The fraction of sp³-hybridized carbons (Fsp3) is 0.429. The van der Waals surface area contributed by atoms with E-state index in [0.29, 0.717) is 18.4 Å². The van der Waals surface area contributed by atoms with Crippen LogP contribution in [0.1, 0.15) is 36.0 Å². The van der Waals surface area contributed by atoms with E-state index < -0.39 is 5.97 Å². The number of hydrogen-bond acceptors (Lipinski definition) is 2. The monoisotopic (exact) mass is 310 g/mol. The highest BCUT2D eigenvalue weighted by atomic mass is 79.9. The summed E-state index contributed by atoms with van der Waals surface area (Å²) in [6, 6.07) is 7.28. The van der Waals surface area contributed by atoms with Gasteiger partial charge in [0.2, 0.25) is 0 Å². The highest BCUT2D eigenvalue weighted by Gasteiger charge is 2.34. The minimum atomic E-state index is -0.766. The maximum atomic E-state index is 12.2. The number of carboxylic acids is 1. The van der Waals surface area contributed by atoms with Gasteiger partial charge in [0.05, 0.1) is 5.92 Å². The molecule has 0 spiro atoms. The lowest BCUT2D eigenvalue weighted by atomic mass is 9.89. The molecule has 18 heavy (non-hydrogen) atoms. The second-order valence-electron chi connectivity index (χ2n) is 4.74. The fourth-order valence-electron chi connectivity index (χ4n) is 2.64. The summed E-state index contributed by atoms with van der Waals surface area (Å²) in [5.41, 5.74) is 0.647. The first-order chi connectivity index (χ1) is 8.59. The summed E-state index contributed by atoms with van der Waals surface area (Å²) in [6.07, 6.45) is 2.78. The maximum Gasteiger partial charge on any atom is 0.306 e. The van der Waals surface area contributed by atoms with Crippen LogP contribution in [-0.2, 0) is 4.79 Å². The van der Waals surface area contributed by atoms with Crippen molar-refractivity contribution in [2.24, 2.45) is 11.8 Å². The van der Waals surface area contributed by atoms with Crippen molar-refractivity contribution in [3.8, 4) is 0 Å². The van der Waals surface area contributed by atoms with Crippen molar-refractivity contribution < 1.29 is 14.7 Å². The van der Waals surface area contributed by atoms with E-state index in [1.54, 1.807) is 6.07 Å². The average Bonchev–Trinajstić information content (AvgIpc) is 2.77. The highest BCUT2D eigenvalue weighted by Crippen LogP contribution is 2.35. The Kier molecular flexibility index (Phi) is 4.17. The van der Waals surface area contributed by atoms with Gasteiger partial charge in [-0.2, -0.15) is 0 Å². The third kappa shape index (κ3) is 2.80. The lowest BCUT2D eigenvalue weighted by Gasteiger charge is -2.15. The molecule has 2 rings (SSSR count). The van der Waals surface area contributed by atoms with Gasteiger partial charge in [0.1, 0.15) is 0 Å². The van der Waals surface area contributed by atoms with Crippen molar-refractivity contribution in [2.75, 3.05) is 0 Å². The molecule has 0 aromatic heterocycles. The molecule has 1 aliphatic rings. The van der Waals surface area contributed by atoms with Crippen molar-refractivity contribution in [2.45, 2.75) is 25.7 Å². The van der Waals surface area contributed by atoms with Gasteiger partial charge in [0.15, 0.2) is 5.78 Å². The normalized spacial score (nSPS) is 22.9. The van der Waals surface area contributed by atoms with Gasteiger partial charge in [0, 0.05) is 16.5 Å². The molecule has 1 N–H and O–H groups in total. The van der Waals surface area contributed by atoms with Gasteiger partial charge in [-0.1, -0.05) is 40.5 Å². The lowest BCUT2D eigenvalue weighted by molar-refractivity contribution is -0.142. The van der Waals surface area contributed by atoms with Crippen LogP contribution in [0.15, 0.2) is 28.7 Å². The van der Waals surface area contributed by atoms with Crippen LogP contribution in [0.4, 0.5) is 0 Å². The van der Waals surface area contributed by atoms with Crippen molar-refractivity contribution >= 4 is 27.7 Å². The molecule has 1 fully saturated rings. The van der Waals surface area contributed by atoms with Crippen molar-refractivity contribution in [3.05, 3.63) is 34.3 Å². The van der Waals surface area contributed by atoms with E-state index >= 15 is 0 Å². The summed E-state index contributed by atoms with van der Waals surface area (Å²) in [5.74, 6) is -1.10. The molecule has 1 saturated carbocycles. The van der Waals surface area contributed by atoms with E-state index in [2.05, 4.69) is 15.9 Å². The number of halogens is 1. The first kappa shape index (κ1) is 13.3. The predicted molar refractivity (Wildman–Crippen MR) is 71.6 cm³/mol. The number of ketones is 1. The number of carboxylic acid groups (broad SMARTS) is 1. The summed E-state index contributed by atoms with van der Waals surface area (Å²) in [5, 5.41) is 9.10. The zero-order valence-electron chi connectivity index (χ0n) is 9.93. The number of carbonyl (C=O) groups is 2. The Morgan fingerprint density at radius 1 is 1.28 bits per heavy atom. The lowest BCUT2D eigenvalue weighted by Crippen LogP contribution is -2.21. The van der Waals surface area contributed by atoms with E-state index in [0.717, 1.165) is 17.3 Å². The summed E-state index contributed by atoms with van der Waals surface area (Å²) in [4.78, 5) is 23.2. The first-order valence-corrected chi connectivity index (χ1v) is 6.89. The highest BCUT2D eigenvalue weighted by molar-refractivity contribution is 9.10. The van der Waals surface area contributed by atoms with Crippen LogP contribution >= 0.6 is 15.9 Å². The standard InChI is InChI=1S/C14H15BrO3/c15-12-7-2-1-5-11(12)13(16)8-9-4-3-6-10(9)14(17)18/h1-2,5,7,9-10H,3-4,6,8H2,(H,17,18). The molecule has 0 bridgehead atoms. The van der Waals surface area contributed by atoms with Crippen LogP contribution in [0.3, 0.4) is 0 Å². The second kappa shape index (κ2) is 5.65. The van der Waals surface area contributed by atoms with E-state index in [-0.39, 0.29) is 17.6 Å². The Balaban J connectivity index is 2.08. The van der Waals surface area contributed by atoms with Crippen molar-refractivity contribution in [1.29, 1.82) is 0 Å². The molecule has 3 nitrogen and oxygen atoms in total. The van der Waals surface area contributed by atoms with Crippen LogP contribution in [0, 0.1) is 11.8 Å². The Morgan fingerprint density at radius 3 is 2.67 bits per heavy atom. The number of aliphatic carboxylic acids is 1. The molecule has 0 aliphatic heterocycles. The molecule has 0 radical (unpaired) electrons. The van der Waals surface area contributed by atoms with Gasteiger partial charge in [0.25, 0.3) is 0 Å². The molecule has 1 aromatic carbocycles. The van der Waals surface area contributed by atoms with E-state index in [9.17, 15) is 9.59 Å². The molecule has 1 aliphatic carbocycles. The number of hydrogen-bond donors (Lipinski definition) is 1. The zero-order chi connectivity index (χ0) is 13.1. The third-order valence-corrected chi connectivity index (χ3v) is 4.29. The van der Waals surface area contributed by atoms with Crippen LogP contribution in [0.25, 0.3) is 0 Å². The zero-order valence-corrected chi connectivity index (χ0v) is 11.5. The van der Waals surface area contributed by atoms with Crippen LogP contribution in [-0.4, -0.2) is 16.9 Å². The Hall–Kier alpha value is -1.16. The maximum absolute atomic E-state index is 12.2. The number of rotatable bonds is 4. The molecule has 2 unspecified atom stereocenters. The molecule has 0 heterocycles.